The lowest BCUT2D eigenvalue weighted by molar-refractivity contribution is 0.0227. The normalized spacial score (nSPS) is 17.5. The minimum atomic E-state index is -3.34. The van der Waals surface area contributed by atoms with Gasteiger partial charge in [0.05, 0.1) is 17.5 Å². The van der Waals surface area contributed by atoms with Crippen molar-refractivity contribution in [1.82, 2.24) is 5.32 Å². The molecule has 1 heterocycles. The highest BCUT2D eigenvalue weighted by Gasteiger charge is 2.39. The Kier molecular flexibility index (Phi) is 6.41. The van der Waals surface area contributed by atoms with Crippen LogP contribution < -0.4 is 14.4 Å². The summed E-state index contributed by atoms with van der Waals surface area (Å²) in [6.45, 7) is 5.82. The fourth-order valence-corrected chi connectivity index (χ4v) is 4.68. The summed E-state index contributed by atoms with van der Waals surface area (Å²) in [4.78, 5) is 13.0. The molecule has 1 unspecified atom stereocenters. The Morgan fingerprint density at radius 3 is 2.33 bits per heavy atom. The molecule has 0 radical (unpaired) electrons. The van der Waals surface area contributed by atoms with Gasteiger partial charge in [0, 0.05) is 24.6 Å². The Morgan fingerprint density at radius 2 is 1.73 bits per heavy atom. The second kappa shape index (κ2) is 8.68. The van der Waals surface area contributed by atoms with E-state index in [2.05, 4.69) is 19.2 Å². The van der Waals surface area contributed by atoms with Crippen molar-refractivity contribution in [2.45, 2.75) is 51.7 Å². The van der Waals surface area contributed by atoms with Crippen LogP contribution in [0.1, 0.15) is 62.0 Å². The summed E-state index contributed by atoms with van der Waals surface area (Å²) in [5, 5.41) is 3.15. The van der Waals surface area contributed by atoms with Gasteiger partial charge in [0.15, 0.2) is 0 Å². The van der Waals surface area contributed by atoms with E-state index >= 15 is 0 Å². The average molecular weight is 431 g/mol. The average Bonchev–Trinajstić information content (AvgIpc) is 2.78. The van der Waals surface area contributed by atoms with Crippen molar-refractivity contribution < 1.29 is 17.9 Å². The highest BCUT2D eigenvalue weighted by molar-refractivity contribution is 7.92. The molecule has 3 rings (SSSR count). The zero-order valence-electron chi connectivity index (χ0n) is 18.0. The summed E-state index contributed by atoms with van der Waals surface area (Å²) in [5.41, 5.74) is 1.70. The molecular weight excluding hydrogens is 400 g/mol. The number of hydrogen-bond donors (Lipinski definition) is 1. The van der Waals surface area contributed by atoms with E-state index in [1.165, 1.54) is 11.4 Å². The van der Waals surface area contributed by atoms with Crippen molar-refractivity contribution in [3.05, 3.63) is 59.7 Å². The number of anilines is 1. The van der Waals surface area contributed by atoms with Crippen molar-refractivity contribution in [1.29, 1.82) is 0 Å². The number of para-hydroxylation sites is 1. The fraction of sp³-hybridized carbons (Fsp3) is 0.435. The molecule has 30 heavy (non-hydrogen) atoms. The lowest BCUT2D eigenvalue weighted by Gasteiger charge is -2.41. The van der Waals surface area contributed by atoms with Gasteiger partial charge in [-0.1, -0.05) is 32.0 Å². The summed E-state index contributed by atoms with van der Waals surface area (Å²) in [6, 6.07) is 14.3. The summed E-state index contributed by atoms with van der Waals surface area (Å²) in [5.74, 6) is 0.649. The van der Waals surface area contributed by atoms with Crippen LogP contribution in [-0.4, -0.2) is 32.7 Å². The number of hydrogen-bond acceptors (Lipinski definition) is 4. The molecule has 162 valence electrons. The number of rotatable bonds is 7. The number of fused-ring (bicyclic) bond motifs is 1. The van der Waals surface area contributed by atoms with E-state index in [1.807, 2.05) is 24.3 Å². The Labute approximate surface area is 179 Å². The fourth-order valence-electron chi connectivity index (χ4n) is 3.85. The monoisotopic (exact) mass is 430 g/mol. The second-order valence-electron chi connectivity index (χ2n) is 7.68. The summed E-state index contributed by atoms with van der Waals surface area (Å²) in [7, 11) is -1.82. The van der Waals surface area contributed by atoms with E-state index < -0.39 is 10.0 Å². The van der Waals surface area contributed by atoms with Gasteiger partial charge in [0.2, 0.25) is 10.0 Å². The Bertz CT molecular complexity index is 998. The number of nitrogens with zero attached hydrogens (tertiary/aromatic N) is 1. The number of carbonyl (C=O) groups excluding carboxylic acids is 1. The Morgan fingerprint density at radius 1 is 1.10 bits per heavy atom. The maximum atomic E-state index is 13.0. The maximum Gasteiger partial charge on any atom is 0.251 e. The minimum Gasteiger partial charge on any atom is -0.487 e. The van der Waals surface area contributed by atoms with Gasteiger partial charge in [0.1, 0.15) is 11.4 Å². The molecule has 0 fully saturated rings. The van der Waals surface area contributed by atoms with E-state index in [4.69, 9.17) is 4.74 Å². The molecule has 7 heteroatoms. The number of amides is 1. The zero-order valence-corrected chi connectivity index (χ0v) is 18.8. The molecule has 0 bridgehead atoms. The van der Waals surface area contributed by atoms with Crippen molar-refractivity contribution >= 4 is 21.6 Å². The van der Waals surface area contributed by atoms with Gasteiger partial charge in [-0.3, -0.25) is 9.10 Å². The van der Waals surface area contributed by atoms with Crippen LogP contribution in [0.5, 0.6) is 5.75 Å². The van der Waals surface area contributed by atoms with Crippen molar-refractivity contribution in [2.24, 2.45) is 0 Å². The van der Waals surface area contributed by atoms with Crippen LogP contribution in [0.25, 0.3) is 0 Å². The molecule has 1 aliphatic rings. The van der Waals surface area contributed by atoms with Crippen LogP contribution in [-0.2, 0) is 10.0 Å². The molecule has 0 spiro atoms. The van der Waals surface area contributed by atoms with Crippen LogP contribution in [0.15, 0.2) is 48.5 Å². The van der Waals surface area contributed by atoms with Crippen LogP contribution in [0.4, 0.5) is 5.69 Å². The first-order valence-electron chi connectivity index (χ1n) is 10.4. The molecule has 0 saturated heterocycles. The molecule has 1 amide bonds. The third-order valence-electron chi connectivity index (χ3n) is 6.07. The molecule has 0 aromatic heterocycles. The molecule has 1 aliphatic heterocycles. The third kappa shape index (κ3) is 4.31. The van der Waals surface area contributed by atoms with E-state index in [-0.39, 0.29) is 23.3 Å². The Balaban J connectivity index is 1.81. The first-order chi connectivity index (χ1) is 14.2. The van der Waals surface area contributed by atoms with E-state index in [0.29, 0.717) is 17.7 Å². The second-order valence-corrected chi connectivity index (χ2v) is 9.96. The number of ether oxygens (including phenoxy) is 1. The summed E-state index contributed by atoms with van der Waals surface area (Å²) >= 11 is 0. The highest BCUT2D eigenvalue weighted by atomic mass is 32.2. The molecular formula is C23H30N2O4S. The number of sulfonamides is 1. The van der Waals surface area contributed by atoms with Crippen LogP contribution in [0.2, 0.25) is 0 Å². The Hall–Kier alpha value is -2.54. The SMILES string of the molecule is CCC1(CC)CC(NC(=O)c2ccc(N(C)S(=O)(=O)CC)cc2)c2ccccc2O1. The van der Waals surface area contributed by atoms with Gasteiger partial charge < -0.3 is 10.1 Å². The summed E-state index contributed by atoms with van der Waals surface area (Å²) < 4.78 is 31.6. The molecule has 6 nitrogen and oxygen atoms in total. The smallest absolute Gasteiger partial charge is 0.251 e. The standard InChI is InChI=1S/C23H30N2O4S/c1-5-23(6-2)16-20(19-10-8-9-11-21(19)29-23)24-22(26)17-12-14-18(15-13-17)25(4)30(27,28)7-3/h8-15,20H,5-7,16H2,1-4H3,(H,24,26). The molecule has 2 aromatic carbocycles. The largest absolute Gasteiger partial charge is 0.487 e. The van der Waals surface area contributed by atoms with E-state index in [0.717, 1.165) is 24.2 Å². The molecule has 2 aromatic rings. The highest BCUT2D eigenvalue weighted by Crippen LogP contribution is 2.42. The third-order valence-corrected chi connectivity index (χ3v) is 7.84. The first kappa shape index (κ1) is 22.2. The van der Waals surface area contributed by atoms with Crippen LogP contribution >= 0.6 is 0 Å². The first-order valence-corrected chi connectivity index (χ1v) is 12.0. The number of nitrogens with one attached hydrogen (secondary N) is 1. The van der Waals surface area contributed by atoms with Gasteiger partial charge >= 0.3 is 0 Å². The topological polar surface area (TPSA) is 75.7 Å². The van der Waals surface area contributed by atoms with Gasteiger partial charge in [-0.2, -0.15) is 0 Å². The molecule has 0 aliphatic carbocycles. The van der Waals surface area contributed by atoms with Crippen LogP contribution in [0.3, 0.4) is 0 Å². The molecule has 1 N–H and O–H groups in total. The predicted octanol–water partition coefficient (Wildman–Crippen LogP) is 4.28. The quantitative estimate of drug-likeness (QED) is 0.711. The van der Waals surface area contributed by atoms with Crippen LogP contribution in [0, 0.1) is 0 Å². The molecule has 0 saturated carbocycles. The van der Waals surface area contributed by atoms with E-state index in [1.54, 1.807) is 31.2 Å². The minimum absolute atomic E-state index is 0.0193. The molecule has 1 atom stereocenters. The van der Waals surface area contributed by atoms with Gasteiger partial charge in [0.25, 0.3) is 5.91 Å². The lowest BCUT2D eigenvalue weighted by atomic mass is 9.83. The number of benzene rings is 2. The predicted molar refractivity (Wildman–Crippen MR) is 120 cm³/mol. The maximum absolute atomic E-state index is 13.0. The van der Waals surface area contributed by atoms with Gasteiger partial charge in [-0.15, -0.1) is 0 Å². The van der Waals surface area contributed by atoms with Gasteiger partial charge in [-0.05, 0) is 50.1 Å². The van der Waals surface area contributed by atoms with Crippen molar-refractivity contribution in [2.75, 3.05) is 17.1 Å². The van der Waals surface area contributed by atoms with E-state index in [9.17, 15) is 13.2 Å². The lowest BCUT2D eigenvalue weighted by Crippen LogP contribution is -2.44. The van der Waals surface area contributed by atoms with Crippen molar-refractivity contribution in [3.63, 3.8) is 0 Å². The number of carbonyl (C=O) groups is 1. The summed E-state index contributed by atoms with van der Waals surface area (Å²) in [6.07, 6.45) is 2.42. The van der Waals surface area contributed by atoms with Gasteiger partial charge in [-0.25, -0.2) is 8.42 Å². The van der Waals surface area contributed by atoms with Crippen molar-refractivity contribution in [3.8, 4) is 5.75 Å². The zero-order chi connectivity index (χ0) is 21.9.